The van der Waals surface area contributed by atoms with E-state index in [2.05, 4.69) is 10.4 Å². The van der Waals surface area contributed by atoms with Crippen LogP contribution in [0.5, 0.6) is 0 Å². The zero-order valence-electron chi connectivity index (χ0n) is 14.5. The summed E-state index contributed by atoms with van der Waals surface area (Å²) in [4.78, 5) is 33.0. The topological polar surface area (TPSA) is 133 Å². The fraction of sp³-hybridized carbons (Fsp3) is 0.333. The molecule has 0 aliphatic rings. The molecule has 1 amide bonds. The third-order valence-corrected chi connectivity index (χ3v) is 3.93. The molecule has 27 heavy (non-hydrogen) atoms. The monoisotopic (exact) mass is 383 g/mol. The number of nitro benzene ring substituents is 2. The summed E-state index contributed by atoms with van der Waals surface area (Å²) < 4.78 is 26.6. The first-order valence-corrected chi connectivity index (χ1v) is 7.61. The lowest BCUT2D eigenvalue weighted by Gasteiger charge is -2.14. The highest BCUT2D eigenvalue weighted by Crippen LogP contribution is 2.32. The molecule has 144 valence electrons. The maximum absolute atomic E-state index is 12.7. The van der Waals surface area contributed by atoms with Crippen LogP contribution < -0.4 is 5.32 Å². The molecule has 1 heterocycles. The van der Waals surface area contributed by atoms with Crippen LogP contribution >= 0.6 is 0 Å². The number of nitrogens with one attached hydrogen (secondary N) is 1. The zero-order chi connectivity index (χ0) is 20.5. The minimum absolute atomic E-state index is 0.152. The highest BCUT2D eigenvalue weighted by atomic mass is 19.3. The highest BCUT2D eigenvalue weighted by Gasteiger charge is 2.26. The van der Waals surface area contributed by atoms with Crippen LogP contribution in [0.2, 0.25) is 0 Å². The Morgan fingerprint density at radius 2 is 1.67 bits per heavy atom. The Morgan fingerprint density at radius 1 is 1.15 bits per heavy atom. The van der Waals surface area contributed by atoms with E-state index in [-0.39, 0.29) is 11.3 Å². The van der Waals surface area contributed by atoms with Gasteiger partial charge in [-0.1, -0.05) is 0 Å². The van der Waals surface area contributed by atoms with Gasteiger partial charge in [-0.3, -0.25) is 29.7 Å². The normalized spacial score (nSPS) is 12.1. The van der Waals surface area contributed by atoms with Crippen LogP contribution in [-0.4, -0.2) is 25.5 Å². The molecule has 1 aromatic heterocycles. The molecule has 0 fully saturated rings. The van der Waals surface area contributed by atoms with Gasteiger partial charge in [-0.2, -0.15) is 5.10 Å². The van der Waals surface area contributed by atoms with E-state index in [0.717, 1.165) is 22.9 Å². The second-order valence-electron chi connectivity index (χ2n) is 5.77. The van der Waals surface area contributed by atoms with Gasteiger partial charge in [-0.15, -0.1) is 0 Å². The van der Waals surface area contributed by atoms with Gasteiger partial charge in [-0.25, -0.2) is 8.78 Å². The molecular formula is C15H15F2N5O5. The molecule has 10 nitrogen and oxygen atoms in total. The average Bonchev–Trinajstić information content (AvgIpc) is 2.97. The molecule has 1 unspecified atom stereocenters. The summed E-state index contributed by atoms with van der Waals surface area (Å²) in [6.07, 6.45) is -2.80. The van der Waals surface area contributed by atoms with Crippen LogP contribution in [0.25, 0.3) is 0 Å². The van der Waals surface area contributed by atoms with E-state index < -0.39 is 45.3 Å². The van der Waals surface area contributed by atoms with E-state index in [1.165, 1.54) is 20.8 Å². The molecule has 1 N–H and O–H groups in total. The van der Waals surface area contributed by atoms with Crippen molar-refractivity contribution in [2.24, 2.45) is 0 Å². The molecule has 0 saturated heterocycles. The van der Waals surface area contributed by atoms with E-state index in [0.29, 0.717) is 5.69 Å². The number of hydrogen-bond donors (Lipinski definition) is 1. The Labute approximate surface area is 151 Å². The molecule has 0 bridgehead atoms. The number of hydrogen-bond acceptors (Lipinski definition) is 6. The first-order chi connectivity index (χ1) is 12.5. The van der Waals surface area contributed by atoms with Crippen molar-refractivity contribution in [2.45, 2.75) is 33.2 Å². The Bertz CT molecular complexity index is 892. The van der Waals surface area contributed by atoms with Gasteiger partial charge in [0.2, 0.25) is 5.91 Å². The summed E-state index contributed by atoms with van der Waals surface area (Å²) in [5.41, 5.74) is -1.54. The second-order valence-corrected chi connectivity index (χ2v) is 5.77. The molecule has 12 heteroatoms. The number of anilines is 1. The fourth-order valence-corrected chi connectivity index (χ4v) is 2.50. The van der Waals surface area contributed by atoms with Crippen molar-refractivity contribution < 1.29 is 23.4 Å². The molecule has 1 atom stereocenters. The van der Waals surface area contributed by atoms with Crippen LogP contribution in [0.1, 0.15) is 36.3 Å². The minimum atomic E-state index is -2.80. The predicted octanol–water partition coefficient (Wildman–Crippen LogP) is 3.45. The smallest absolute Gasteiger partial charge is 0.282 e. The molecule has 0 aliphatic heterocycles. The number of aryl methyl sites for hydroxylation is 1. The zero-order valence-corrected chi connectivity index (χ0v) is 14.5. The van der Waals surface area contributed by atoms with E-state index in [1.807, 2.05) is 0 Å². The summed E-state index contributed by atoms with van der Waals surface area (Å²) >= 11 is 0. The summed E-state index contributed by atoms with van der Waals surface area (Å²) in [6, 6.07) is 2.09. The van der Waals surface area contributed by atoms with E-state index in [9.17, 15) is 33.8 Å². The number of benzene rings is 1. The van der Waals surface area contributed by atoms with Crippen molar-refractivity contribution in [2.75, 3.05) is 5.32 Å². The molecule has 0 spiro atoms. The summed E-state index contributed by atoms with van der Waals surface area (Å²) in [5.74, 6) is -0.727. The molecule has 0 aliphatic carbocycles. The van der Waals surface area contributed by atoms with Gasteiger partial charge >= 0.3 is 0 Å². The van der Waals surface area contributed by atoms with Crippen molar-refractivity contribution in [3.63, 3.8) is 0 Å². The SMILES string of the molecule is Cc1c([N+](=O)[O-])cc(NC(=O)C(C)n2nc(C(F)F)cc2C)cc1[N+](=O)[O-]. The Morgan fingerprint density at radius 3 is 2.07 bits per heavy atom. The summed E-state index contributed by atoms with van der Waals surface area (Å²) in [6.45, 7) is 4.11. The van der Waals surface area contributed by atoms with Crippen molar-refractivity contribution in [3.8, 4) is 0 Å². The molecule has 1 aromatic carbocycles. The average molecular weight is 383 g/mol. The van der Waals surface area contributed by atoms with Crippen LogP contribution in [0, 0.1) is 34.1 Å². The largest absolute Gasteiger partial charge is 0.324 e. The van der Waals surface area contributed by atoms with Crippen LogP contribution in [0.4, 0.5) is 25.8 Å². The van der Waals surface area contributed by atoms with E-state index >= 15 is 0 Å². The quantitative estimate of drug-likeness (QED) is 0.600. The van der Waals surface area contributed by atoms with Crippen LogP contribution in [0.3, 0.4) is 0 Å². The van der Waals surface area contributed by atoms with Gasteiger partial charge in [0.25, 0.3) is 17.8 Å². The number of carbonyl (C=O) groups excluding carboxylic acids is 1. The van der Waals surface area contributed by atoms with Crippen LogP contribution in [0.15, 0.2) is 18.2 Å². The van der Waals surface area contributed by atoms with E-state index in [1.54, 1.807) is 0 Å². The van der Waals surface area contributed by atoms with Crippen LogP contribution in [-0.2, 0) is 4.79 Å². The van der Waals surface area contributed by atoms with Gasteiger partial charge in [0.15, 0.2) is 0 Å². The maximum Gasteiger partial charge on any atom is 0.282 e. The summed E-state index contributed by atoms with van der Waals surface area (Å²) in [5, 5.41) is 28.2. The maximum atomic E-state index is 12.7. The van der Waals surface area contributed by atoms with Crippen molar-refractivity contribution in [3.05, 3.63) is 55.4 Å². The van der Waals surface area contributed by atoms with Gasteiger partial charge in [0, 0.05) is 17.8 Å². The lowest BCUT2D eigenvalue weighted by Crippen LogP contribution is -2.25. The number of carbonyl (C=O) groups is 1. The first kappa shape index (κ1) is 19.9. The molecule has 0 radical (unpaired) electrons. The van der Waals surface area contributed by atoms with Gasteiger partial charge in [0.1, 0.15) is 17.3 Å². The Hall–Kier alpha value is -3.44. The number of alkyl halides is 2. The number of amides is 1. The molecule has 0 saturated carbocycles. The third kappa shape index (κ3) is 4.04. The van der Waals surface area contributed by atoms with Crippen molar-refractivity contribution in [1.82, 2.24) is 9.78 Å². The molecule has 2 rings (SSSR count). The number of rotatable bonds is 6. The lowest BCUT2D eigenvalue weighted by molar-refractivity contribution is -0.395. The Kier molecular flexibility index (Phi) is 5.47. The third-order valence-electron chi connectivity index (χ3n) is 3.93. The highest BCUT2D eigenvalue weighted by molar-refractivity contribution is 5.94. The number of aromatic nitrogens is 2. The van der Waals surface area contributed by atoms with Crippen molar-refractivity contribution >= 4 is 23.0 Å². The lowest BCUT2D eigenvalue weighted by atomic mass is 10.1. The standard InChI is InChI=1S/C15H15F2N5O5/c1-7-4-11(14(16)17)19-20(7)9(3)15(23)18-10-5-12(21(24)25)8(2)13(6-10)22(26)27/h4-6,9,14H,1-3H3,(H,18,23). The number of nitrogens with zero attached hydrogens (tertiary/aromatic N) is 4. The number of nitro groups is 2. The van der Waals surface area contributed by atoms with Gasteiger partial charge in [-0.05, 0) is 26.8 Å². The fourth-order valence-electron chi connectivity index (χ4n) is 2.50. The molecular weight excluding hydrogens is 368 g/mol. The number of halogens is 2. The first-order valence-electron chi connectivity index (χ1n) is 7.61. The van der Waals surface area contributed by atoms with E-state index in [4.69, 9.17) is 0 Å². The predicted molar refractivity (Wildman–Crippen MR) is 89.7 cm³/mol. The van der Waals surface area contributed by atoms with Gasteiger partial charge in [0.05, 0.1) is 15.5 Å². The van der Waals surface area contributed by atoms with Gasteiger partial charge < -0.3 is 5.32 Å². The summed E-state index contributed by atoms with van der Waals surface area (Å²) in [7, 11) is 0. The molecule has 2 aromatic rings. The van der Waals surface area contributed by atoms with Crippen molar-refractivity contribution in [1.29, 1.82) is 0 Å². The minimum Gasteiger partial charge on any atom is -0.324 e. The Balaban J connectivity index is 2.34. The second kappa shape index (κ2) is 7.43.